The van der Waals surface area contributed by atoms with Gasteiger partial charge in [-0.1, -0.05) is 29.8 Å². The van der Waals surface area contributed by atoms with E-state index in [4.69, 9.17) is 21.3 Å². The Morgan fingerprint density at radius 2 is 1.77 bits per heavy atom. The molecule has 1 aliphatic rings. The van der Waals surface area contributed by atoms with Gasteiger partial charge in [-0.15, -0.1) is 0 Å². The third-order valence-corrected chi connectivity index (χ3v) is 6.60. The van der Waals surface area contributed by atoms with Gasteiger partial charge in [-0.05, 0) is 70.1 Å². The van der Waals surface area contributed by atoms with Crippen LogP contribution in [0, 0.1) is 0 Å². The molecule has 0 atom stereocenters. The number of ether oxygens (including phenoxy) is 1. The summed E-state index contributed by atoms with van der Waals surface area (Å²) in [5, 5.41) is 7.30. The minimum Gasteiger partial charge on any atom is -0.456 e. The summed E-state index contributed by atoms with van der Waals surface area (Å²) >= 11 is 6.49. The van der Waals surface area contributed by atoms with E-state index in [1.807, 2.05) is 42.5 Å². The first-order chi connectivity index (χ1) is 17.0. The van der Waals surface area contributed by atoms with E-state index in [9.17, 15) is 0 Å². The molecular formula is C26H28ClN7O. The number of para-hydroxylation sites is 1. The Kier molecular flexibility index (Phi) is 6.92. The first-order valence-corrected chi connectivity index (χ1v) is 12.1. The Balaban J connectivity index is 1.32. The number of aromatic nitrogens is 4. The van der Waals surface area contributed by atoms with Crippen LogP contribution >= 0.6 is 11.6 Å². The molecule has 0 bridgehead atoms. The van der Waals surface area contributed by atoms with Crippen LogP contribution in [0.4, 0.5) is 17.5 Å². The van der Waals surface area contributed by atoms with Gasteiger partial charge in [-0.3, -0.25) is 0 Å². The lowest BCUT2D eigenvalue weighted by molar-refractivity contribution is 0.221. The second kappa shape index (κ2) is 10.4. The molecule has 1 fully saturated rings. The highest BCUT2D eigenvalue weighted by atomic mass is 35.5. The Morgan fingerprint density at radius 1 is 0.971 bits per heavy atom. The second-order valence-electron chi connectivity index (χ2n) is 8.95. The molecule has 0 amide bonds. The summed E-state index contributed by atoms with van der Waals surface area (Å²) in [6, 6.07) is 16.1. The van der Waals surface area contributed by atoms with Crippen LogP contribution in [0.25, 0.3) is 11.0 Å². The normalized spacial score (nSPS) is 17.9. The van der Waals surface area contributed by atoms with Gasteiger partial charge in [0.15, 0.2) is 5.82 Å². The van der Waals surface area contributed by atoms with Crippen molar-refractivity contribution in [3.05, 3.63) is 66.1 Å². The van der Waals surface area contributed by atoms with Crippen molar-refractivity contribution >= 4 is 40.1 Å². The minimum absolute atomic E-state index is 0.362. The SMILES string of the molecule is CN(C)C1CCC(Nc2ncc3ncnc(Nc4ccc(Oc5ccccc5)c(Cl)c4)c3n2)CC1. The van der Waals surface area contributed by atoms with Crippen molar-refractivity contribution in [1.29, 1.82) is 0 Å². The van der Waals surface area contributed by atoms with Crippen LogP contribution in [0.5, 0.6) is 11.5 Å². The molecule has 1 saturated carbocycles. The van der Waals surface area contributed by atoms with Crippen LogP contribution in [-0.2, 0) is 0 Å². The maximum absolute atomic E-state index is 6.49. The zero-order chi connectivity index (χ0) is 24.2. The van der Waals surface area contributed by atoms with Crippen molar-refractivity contribution in [3.63, 3.8) is 0 Å². The molecule has 9 heteroatoms. The molecule has 5 rings (SSSR count). The van der Waals surface area contributed by atoms with E-state index in [0.717, 1.165) is 24.3 Å². The van der Waals surface area contributed by atoms with Gasteiger partial charge in [0.05, 0.1) is 11.2 Å². The number of fused-ring (bicyclic) bond motifs is 1. The molecular weight excluding hydrogens is 462 g/mol. The molecule has 0 spiro atoms. The van der Waals surface area contributed by atoms with Crippen LogP contribution in [0.3, 0.4) is 0 Å². The maximum atomic E-state index is 6.49. The lowest BCUT2D eigenvalue weighted by atomic mass is 9.91. The standard InChI is InChI=1S/C26H28ClN7O/c1-34(2)19-11-8-17(9-12-19)32-26-28-15-22-24(33-26)25(30-16-29-22)31-18-10-13-23(21(27)14-18)35-20-6-4-3-5-7-20/h3-7,10,13-17,19H,8-9,11-12H2,1-2H3,(H,28,32,33)(H,29,30,31). The van der Waals surface area contributed by atoms with Gasteiger partial charge in [-0.2, -0.15) is 0 Å². The second-order valence-corrected chi connectivity index (χ2v) is 9.36. The molecule has 2 aromatic heterocycles. The third kappa shape index (κ3) is 5.61. The van der Waals surface area contributed by atoms with E-state index >= 15 is 0 Å². The lowest BCUT2D eigenvalue weighted by Crippen LogP contribution is -2.36. The predicted molar refractivity (Wildman–Crippen MR) is 140 cm³/mol. The van der Waals surface area contributed by atoms with Gasteiger partial charge in [0, 0.05) is 17.8 Å². The van der Waals surface area contributed by atoms with E-state index < -0.39 is 0 Å². The van der Waals surface area contributed by atoms with Crippen LogP contribution in [0.15, 0.2) is 61.1 Å². The number of hydrogen-bond acceptors (Lipinski definition) is 8. The number of nitrogens with zero attached hydrogens (tertiary/aromatic N) is 5. The van der Waals surface area contributed by atoms with Gasteiger partial charge in [0.25, 0.3) is 0 Å². The summed E-state index contributed by atoms with van der Waals surface area (Å²) < 4.78 is 5.88. The van der Waals surface area contributed by atoms with Crippen LogP contribution in [0.1, 0.15) is 25.7 Å². The zero-order valence-electron chi connectivity index (χ0n) is 19.8. The van der Waals surface area contributed by atoms with Gasteiger partial charge in [0.1, 0.15) is 28.9 Å². The summed E-state index contributed by atoms with van der Waals surface area (Å²) in [5.74, 6) is 2.48. The van der Waals surface area contributed by atoms with Crippen LogP contribution in [0.2, 0.25) is 5.02 Å². The Morgan fingerprint density at radius 3 is 2.51 bits per heavy atom. The average Bonchev–Trinajstić information content (AvgIpc) is 2.87. The highest BCUT2D eigenvalue weighted by molar-refractivity contribution is 6.32. The highest BCUT2D eigenvalue weighted by Crippen LogP contribution is 2.33. The Hall–Kier alpha value is -3.49. The van der Waals surface area contributed by atoms with E-state index in [1.54, 1.807) is 12.3 Å². The molecule has 1 aliphatic carbocycles. The van der Waals surface area contributed by atoms with Crippen molar-refractivity contribution in [2.45, 2.75) is 37.8 Å². The van der Waals surface area contributed by atoms with Crippen molar-refractivity contribution in [1.82, 2.24) is 24.8 Å². The summed E-state index contributed by atoms with van der Waals surface area (Å²) in [6.45, 7) is 0. The smallest absolute Gasteiger partial charge is 0.223 e. The molecule has 0 aliphatic heterocycles. The topological polar surface area (TPSA) is 88.1 Å². The lowest BCUT2D eigenvalue weighted by Gasteiger charge is -2.32. The summed E-state index contributed by atoms with van der Waals surface area (Å²) in [6.07, 6.45) is 7.75. The Bertz CT molecular complexity index is 1290. The molecule has 35 heavy (non-hydrogen) atoms. The first-order valence-electron chi connectivity index (χ1n) is 11.8. The number of benzene rings is 2. The number of nitrogens with one attached hydrogen (secondary N) is 2. The van der Waals surface area contributed by atoms with Crippen molar-refractivity contribution in [2.24, 2.45) is 0 Å². The Labute approximate surface area is 209 Å². The van der Waals surface area contributed by atoms with Gasteiger partial charge in [0.2, 0.25) is 5.95 Å². The van der Waals surface area contributed by atoms with E-state index in [-0.39, 0.29) is 0 Å². The molecule has 8 nitrogen and oxygen atoms in total. The zero-order valence-corrected chi connectivity index (χ0v) is 20.5. The quantitative estimate of drug-likeness (QED) is 0.332. The molecule has 0 saturated heterocycles. The van der Waals surface area contributed by atoms with E-state index in [1.165, 1.54) is 19.2 Å². The number of halogens is 1. The van der Waals surface area contributed by atoms with Crippen LogP contribution in [-0.4, -0.2) is 51.0 Å². The molecule has 180 valence electrons. The van der Waals surface area contributed by atoms with Crippen LogP contribution < -0.4 is 15.4 Å². The molecule has 4 aromatic rings. The predicted octanol–water partition coefficient (Wildman–Crippen LogP) is 5.89. The average molecular weight is 490 g/mol. The number of rotatable bonds is 7. The van der Waals surface area contributed by atoms with Gasteiger partial charge >= 0.3 is 0 Å². The molecule has 0 radical (unpaired) electrons. The van der Waals surface area contributed by atoms with Crippen molar-refractivity contribution in [2.75, 3.05) is 24.7 Å². The summed E-state index contributed by atoms with van der Waals surface area (Å²) in [4.78, 5) is 20.3. The van der Waals surface area contributed by atoms with Gasteiger partial charge in [-0.25, -0.2) is 19.9 Å². The largest absolute Gasteiger partial charge is 0.456 e. The fourth-order valence-corrected chi connectivity index (χ4v) is 4.57. The molecule has 2 heterocycles. The maximum Gasteiger partial charge on any atom is 0.223 e. The fraction of sp³-hybridized carbons (Fsp3) is 0.308. The van der Waals surface area contributed by atoms with Crippen molar-refractivity contribution in [3.8, 4) is 11.5 Å². The summed E-state index contributed by atoms with van der Waals surface area (Å²) in [7, 11) is 4.30. The molecule has 2 N–H and O–H groups in total. The third-order valence-electron chi connectivity index (χ3n) is 6.30. The number of anilines is 3. The van der Waals surface area contributed by atoms with E-state index in [0.29, 0.717) is 45.7 Å². The first kappa shape index (κ1) is 23.3. The molecule has 0 unspecified atom stereocenters. The van der Waals surface area contributed by atoms with Gasteiger partial charge < -0.3 is 20.3 Å². The van der Waals surface area contributed by atoms with E-state index in [2.05, 4.69) is 44.6 Å². The van der Waals surface area contributed by atoms with Crippen molar-refractivity contribution < 1.29 is 4.74 Å². The molecule has 2 aromatic carbocycles. The minimum atomic E-state index is 0.362. The fourth-order valence-electron chi connectivity index (χ4n) is 4.35. The summed E-state index contributed by atoms with van der Waals surface area (Å²) in [5.41, 5.74) is 2.08. The monoisotopic (exact) mass is 489 g/mol. The highest BCUT2D eigenvalue weighted by Gasteiger charge is 2.23. The number of hydrogen-bond donors (Lipinski definition) is 2.